The SMILES string of the molecule is O=Nc1ccc(C(=O)Cc2cccc(Br)c2)cc1. The topological polar surface area (TPSA) is 46.5 Å². The van der Waals surface area contributed by atoms with Crippen LogP contribution in [-0.4, -0.2) is 5.78 Å². The van der Waals surface area contributed by atoms with E-state index in [2.05, 4.69) is 21.1 Å². The molecular formula is C14H10BrNO2. The van der Waals surface area contributed by atoms with E-state index in [1.54, 1.807) is 24.3 Å². The summed E-state index contributed by atoms with van der Waals surface area (Å²) in [6.07, 6.45) is 0.341. The van der Waals surface area contributed by atoms with Crippen LogP contribution in [0.1, 0.15) is 15.9 Å². The van der Waals surface area contributed by atoms with Crippen LogP contribution in [0.15, 0.2) is 58.2 Å². The van der Waals surface area contributed by atoms with Gasteiger partial charge in [0.2, 0.25) is 0 Å². The summed E-state index contributed by atoms with van der Waals surface area (Å²) in [5, 5.41) is 2.80. The van der Waals surface area contributed by atoms with E-state index >= 15 is 0 Å². The van der Waals surface area contributed by atoms with Crippen molar-refractivity contribution in [3.63, 3.8) is 0 Å². The minimum atomic E-state index is 0.0190. The molecule has 0 spiro atoms. The van der Waals surface area contributed by atoms with Crippen molar-refractivity contribution in [1.82, 2.24) is 0 Å². The molecule has 0 saturated carbocycles. The number of hydrogen-bond acceptors (Lipinski definition) is 3. The number of halogens is 1. The van der Waals surface area contributed by atoms with E-state index in [9.17, 15) is 9.70 Å². The summed E-state index contributed by atoms with van der Waals surface area (Å²) in [6, 6.07) is 14.0. The van der Waals surface area contributed by atoms with E-state index in [0.717, 1.165) is 10.0 Å². The molecule has 0 amide bonds. The Morgan fingerprint density at radius 3 is 2.44 bits per heavy atom. The second kappa shape index (κ2) is 5.69. The smallest absolute Gasteiger partial charge is 0.167 e. The van der Waals surface area contributed by atoms with Crippen molar-refractivity contribution < 1.29 is 4.79 Å². The first kappa shape index (κ1) is 12.6. The number of ketones is 1. The van der Waals surface area contributed by atoms with Gasteiger partial charge in [-0.15, -0.1) is 4.91 Å². The van der Waals surface area contributed by atoms with Gasteiger partial charge < -0.3 is 0 Å². The van der Waals surface area contributed by atoms with E-state index in [1.165, 1.54) is 0 Å². The maximum absolute atomic E-state index is 12.0. The molecule has 2 aromatic carbocycles. The first-order valence-electron chi connectivity index (χ1n) is 5.40. The molecule has 0 radical (unpaired) electrons. The van der Waals surface area contributed by atoms with Crippen LogP contribution in [0.3, 0.4) is 0 Å². The molecule has 0 bridgehead atoms. The molecule has 2 aromatic rings. The Hall–Kier alpha value is -1.81. The predicted octanol–water partition coefficient (Wildman–Crippen LogP) is 4.27. The van der Waals surface area contributed by atoms with Crippen molar-refractivity contribution in [2.75, 3.05) is 0 Å². The Morgan fingerprint density at radius 1 is 1.11 bits per heavy atom. The zero-order valence-electron chi connectivity index (χ0n) is 9.47. The zero-order valence-corrected chi connectivity index (χ0v) is 11.1. The molecule has 0 heterocycles. The van der Waals surface area contributed by atoms with Gasteiger partial charge in [-0.1, -0.05) is 28.1 Å². The number of benzene rings is 2. The van der Waals surface area contributed by atoms with Crippen molar-refractivity contribution in [2.45, 2.75) is 6.42 Å². The number of carbonyl (C=O) groups is 1. The van der Waals surface area contributed by atoms with Gasteiger partial charge in [0, 0.05) is 16.5 Å². The summed E-state index contributed by atoms with van der Waals surface area (Å²) in [7, 11) is 0. The molecule has 0 aliphatic heterocycles. The van der Waals surface area contributed by atoms with Crippen molar-refractivity contribution >= 4 is 27.4 Å². The number of rotatable bonds is 4. The largest absolute Gasteiger partial charge is 0.294 e. The van der Waals surface area contributed by atoms with Crippen molar-refractivity contribution in [3.05, 3.63) is 69.0 Å². The van der Waals surface area contributed by atoms with Crippen LogP contribution in [0, 0.1) is 4.91 Å². The highest BCUT2D eigenvalue weighted by atomic mass is 79.9. The van der Waals surface area contributed by atoms with Gasteiger partial charge in [-0.2, -0.15) is 0 Å². The lowest BCUT2D eigenvalue weighted by Gasteiger charge is -2.02. The van der Waals surface area contributed by atoms with Gasteiger partial charge in [-0.3, -0.25) is 4.79 Å². The van der Waals surface area contributed by atoms with E-state index in [1.807, 2.05) is 24.3 Å². The van der Waals surface area contributed by atoms with Gasteiger partial charge >= 0.3 is 0 Å². The van der Waals surface area contributed by atoms with Crippen LogP contribution in [0.4, 0.5) is 5.69 Å². The molecule has 18 heavy (non-hydrogen) atoms. The lowest BCUT2D eigenvalue weighted by molar-refractivity contribution is 0.0993. The number of hydrogen-bond donors (Lipinski definition) is 0. The molecule has 4 heteroatoms. The molecule has 0 aliphatic rings. The molecule has 0 saturated heterocycles. The number of Topliss-reactive ketones (excluding diaryl/α,β-unsaturated/α-hetero) is 1. The fraction of sp³-hybridized carbons (Fsp3) is 0.0714. The monoisotopic (exact) mass is 303 g/mol. The third-order valence-corrected chi connectivity index (χ3v) is 3.04. The molecule has 0 N–H and O–H groups in total. The highest BCUT2D eigenvalue weighted by Gasteiger charge is 2.07. The number of nitroso groups, excluding NO2 is 1. The molecule has 90 valence electrons. The quantitative estimate of drug-likeness (QED) is 0.625. The minimum absolute atomic E-state index is 0.0190. The van der Waals surface area contributed by atoms with Gasteiger partial charge in [-0.25, -0.2) is 0 Å². The third kappa shape index (κ3) is 3.11. The fourth-order valence-corrected chi connectivity index (χ4v) is 2.09. The predicted molar refractivity (Wildman–Crippen MR) is 74.1 cm³/mol. The van der Waals surface area contributed by atoms with Crippen LogP contribution in [0.25, 0.3) is 0 Å². The summed E-state index contributed by atoms with van der Waals surface area (Å²) < 4.78 is 0.952. The van der Waals surface area contributed by atoms with Gasteiger partial charge in [0.15, 0.2) is 5.78 Å². The average molecular weight is 304 g/mol. The van der Waals surface area contributed by atoms with E-state index in [4.69, 9.17) is 0 Å². The van der Waals surface area contributed by atoms with Crippen LogP contribution in [0.5, 0.6) is 0 Å². The van der Waals surface area contributed by atoms with Crippen molar-refractivity contribution in [1.29, 1.82) is 0 Å². The Labute approximate surface area is 113 Å². The van der Waals surface area contributed by atoms with Crippen LogP contribution < -0.4 is 0 Å². The summed E-state index contributed by atoms with van der Waals surface area (Å²) in [5.41, 5.74) is 1.86. The van der Waals surface area contributed by atoms with Gasteiger partial charge in [0.05, 0.1) is 0 Å². The summed E-state index contributed by atoms with van der Waals surface area (Å²) in [5.74, 6) is 0.0190. The van der Waals surface area contributed by atoms with Gasteiger partial charge in [-0.05, 0) is 47.1 Å². The maximum atomic E-state index is 12.0. The average Bonchev–Trinajstić information content (AvgIpc) is 2.39. The molecule has 0 atom stereocenters. The summed E-state index contributed by atoms with van der Waals surface area (Å²) in [4.78, 5) is 22.3. The Balaban J connectivity index is 2.14. The maximum Gasteiger partial charge on any atom is 0.167 e. The van der Waals surface area contributed by atoms with E-state index < -0.39 is 0 Å². The summed E-state index contributed by atoms with van der Waals surface area (Å²) >= 11 is 3.37. The van der Waals surface area contributed by atoms with E-state index in [-0.39, 0.29) is 5.78 Å². The second-order valence-electron chi connectivity index (χ2n) is 3.87. The Kier molecular flexibility index (Phi) is 3.99. The van der Waals surface area contributed by atoms with Crippen molar-refractivity contribution in [3.8, 4) is 0 Å². The third-order valence-electron chi connectivity index (χ3n) is 2.55. The van der Waals surface area contributed by atoms with Crippen LogP contribution >= 0.6 is 15.9 Å². The zero-order chi connectivity index (χ0) is 13.0. The first-order chi connectivity index (χ1) is 8.69. The number of carbonyl (C=O) groups excluding carboxylic acids is 1. The molecule has 2 rings (SSSR count). The Bertz CT molecular complexity index is 579. The minimum Gasteiger partial charge on any atom is -0.294 e. The fourth-order valence-electron chi connectivity index (χ4n) is 1.64. The molecule has 0 aromatic heterocycles. The standard InChI is InChI=1S/C14H10BrNO2/c15-12-3-1-2-10(8-12)9-14(17)11-4-6-13(16-18)7-5-11/h1-8H,9H2. The van der Waals surface area contributed by atoms with Crippen molar-refractivity contribution in [2.24, 2.45) is 5.18 Å². The Morgan fingerprint density at radius 2 is 1.83 bits per heavy atom. The van der Waals surface area contributed by atoms with Crippen LogP contribution in [-0.2, 0) is 6.42 Å². The normalized spacial score (nSPS) is 10.1. The number of nitrogens with zero attached hydrogens (tertiary/aromatic N) is 1. The lowest BCUT2D eigenvalue weighted by atomic mass is 10.0. The molecule has 3 nitrogen and oxygen atoms in total. The second-order valence-corrected chi connectivity index (χ2v) is 4.78. The molecule has 0 fully saturated rings. The van der Waals surface area contributed by atoms with Gasteiger partial charge in [0.25, 0.3) is 0 Å². The highest BCUT2D eigenvalue weighted by Crippen LogP contribution is 2.16. The lowest BCUT2D eigenvalue weighted by Crippen LogP contribution is -2.03. The molecule has 0 aliphatic carbocycles. The molecule has 0 unspecified atom stereocenters. The first-order valence-corrected chi connectivity index (χ1v) is 6.19. The van der Waals surface area contributed by atoms with Gasteiger partial charge in [0.1, 0.15) is 5.69 Å². The summed E-state index contributed by atoms with van der Waals surface area (Å²) in [6.45, 7) is 0. The molecular weight excluding hydrogens is 294 g/mol. The van der Waals surface area contributed by atoms with Crippen LogP contribution in [0.2, 0.25) is 0 Å². The highest BCUT2D eigenvalue weighted by molar-refractivity contribution is 9.10. The van der Waals surface area contributed by atoms with E-state index in [0.29, 0.717) is 17.7 Å².